The van der Waals surface area contributed by atoms with E-state index in [0.29, 0.717) is 13.2 Å². The quantitative estimate of drug-likeness (QED) is 0.423. The van der Waals surface area contributed by atoms with E-state index >= 15 is 0 Å². The molecule has 0 heterocycles. The average molecular weight is 265 g/mol. The van der Waals surface area contributed by atoms with Gasteiger partial charge in [-0.25, -0.2) is 0 Å². The Morgan fingerprint density at radius 1 is 1.32 bits per heavy atom. The van der Waals surface area contributed by atoms with Gasteiger partial charge in [-0.3, -0.25) is 0 Å². The molecule has 1 rings (SSSR count). The van der Waals surface area contributed by atoms with Crippen LogP contribution in [0.25, 0.3) is 0 Å². The standard InChI is InChI=1S/C15H23NO3/c1-4-15(2,19-12-18-11-10-17-3)14(16)13-8-6-5-7-9-13/h4-9,14H,1,10-12,16H2,2-3H3/t14-,15-/m1/s1. The second-order valence-corrected chi connectivity index (χ2v) is 4.44. The van der Waals surface area contributed by atoms with Crippen LogP contribution in [0, 0.1) is 0 Å². The molecule has 19 heavy (non-hydrogen) atoms. The minimum absolute atomic E-state index is 0.159. The van der Waals surface area contributed by atoms with E-state index < -0.39 is 5.60 Å². The zero-order chi connectivity index (χ0) is 14.1. The molecule has 0 bridgehead atoms. The molecular formula is C15H23NO3. The lowest BCUT2D eigenvalue weighted by Crippen LogP contribution is -2.39. The highest BCUT2D eigenvalue weighted by Crippen LogP contribution is 2.28. The van der Waals surface area contributed by atoms with Crippen LogP contribution in [0.4, 0.5) is 0 Å². The smallest absolute Gasteiger partial charge is 0.148 e. The highest BCUT2D eigenvalue weighted by molar-refractivity contribution is 5.23. The van der Waals surface area contributed by atoms with Crippen LogP contribution in [0.15, 0.2) is 43.0 Å². The minimum Gasteiger partial charge on any atom is -0.382 e. The molecule has 0 spiro atoms. The summed E-state index contributed by atoms with van der Waals surface area (Å²) in [7, 11) is 1.63. The molecule has 0 aliphatic carbocycles. The van der Waals surface area contributed by atoms with E-state index in [4.69, 9.17) is 19.9 Å². The Bertz CT molecular complexity index is 369. The summed E-state index contributed by atoms with van der Waals surface area (Å²) in [6.45, 7) is 6.90. The molecule has 4 heteroatoms. The number of rotatable bonds is 9. The first-order chi connectivity index (χ1) is 9.14. The Labute approximate surface area is 115 Å². The van der Waals surface area contributed by atoms with Crippen molar-refractivity contribution < 1.29 is 14.2 Å². The lowest BCUT2D eigenvalue weighted by atomic mass is 9.91. The molecule has 0 unspecified atom stereocenters. The molecule has 2 atom stereocenters. The SMILES string of the molecule is C=C[C@@](C)(OCOCCOC)[C@H](N)c1ccccc1. The molecule has 0 aliphatic rings. The monoisotopic (exact) mass is 265 g/mol. The number of nitrogens with two attached hydrogens (primary N) is 1. The number of ether oxygens (including phenoxy) is 3. The zero-order valence-electron chi connectivity index (χ0n) is 11.7. The van der Waals surface area contributed by atoms with Crippen LogP contribution in [0.2, 0.25) is 0 Å². The van der Waals surface area contributed by atoms with Gasteiger partial charge in [-0.1, -0.05) is 36.4 Å². The fourth-order valence-electron chi connectivity index (χ4n) is 1.64. The number of hydrogen-bond donors (Lipinski definition) is 1. The molecule has 4 nitrogen and oxygen atoms in total. The van der Waals surface area contributed by atoms with Crippen molar-refractivity contribution in [3.05, 3.63) is 48.6 Å². The van der Waals surface area contributed by atoms with Gasteiger partial charge in [0, 0.05) is 7.11 Å². The number of methoxy groups -OCH3 is 1. The van der Waals surface area contributed by atoms with E-state index in [9.17, 15) is 0 Å². The first kappa shape index (κ1) is 15.9. The third-order valence-corrected chi connectivity index (χ3v) is 3.07. The van der Waals surface area contributed by atoms with E-state index in [2.05, 4.69) is 6.58 Å². The largest absolute Gasteiger partial charge is 0.382 e. The topological polar surface area (TPSA) is 53.7 Å². The van der Waals surface area contributed by atoms with Crippen LogP contribution in [-0.2, 0) is 14.2 Å². The molecule has 1 aromatic rings. The van der Waals surface area contributed by atoms with Crippen molar-refractivity contribution in [1.82, 2.24) is 0 Å². The molecule has 0 aliphatic heterocycles. The van der Waals surface area contributed by atoms with E-state index in [1.54, 1.807) is 13.2 Å². The molecular weight excluding hydrogens is 242 g/mol. The van der Waals surface area contributed by atoms with Gasteiger partial charge in [0.1, 0.15) is 12.4 Å². The highest BCUT2D eigenvalue weighted by Gasteiger charge is 2.30. The second kappa shape index (κ2) is 8.07. The Hall–Kier alpha value is -1.20. The van der Waals surface area contributed by atoms with Crippen molar-refractivity contribution in [2.45, 2.75) is 18.6 Å². The van der Waals surface area contributed by atoms with E-state index in [-0.39, 0.29) is 12.8 Å². The van der Waals surface area contributed by atoms with Crippen molar-refractivity contribution in [2.24, 2.45) is 5.73 Å². The molecule has 2 N–H and O–H groups in total. The molecule has 106 valence electrons. The first-order valence-electron chi connectivity index (χ1n) is 6.29. The summed E-state index contributed by atoms with van der Waals surface area (Å²) in [5.74, 6) is 0. The number of benzene rings is 1. The lowest BCUT2D eigenvalue weighted by molar-refractivity contribution is -0.129. The molecule has 1 aromatic carbocycles. The van der Waals surface area contributed by atoms with Crippen molar-refractivity contribution in [1.29, 1.82) is 0 Å². The Morgan fingerprint density at radius 2 is 2.00 bits per heavy atom. The van der Waals surface area contributed by atoms with Crippen molar-refractivity contribution in [3.8, 4) is 0 Å². The van der Waals surface area contributed by atoms with E-state index in [0.717, 1.165) is 5.56 Å². The predicted octanol–water partition coefficient (Wildman–Crippen LogP) is 2.27. The predicted molar refractivity (Wildman–Crippen MR) is 75.8 cm³/mol. The lowest BCUT2D eigenvalue weighted by Gasteiger charge is -2.32. The van der Waals surface area contributed by atoms with Gasteiger partial charge in [-0.2, -0.15) is 0 Å². The zero-order valence-corrected chi connectivity index (χ0v) is 11.7. The Kier molecular flexibility index (Phi) is 6.73. The van der Waals surface area contributed by atoms with Crippen molar-refractivity contribution >= 4 is 0 Å². The van der Waals surface area contributed by atoms with Gasteiger partial charge in [-0.05, 0) is 12.5 Å². The van der Waals surface area contributed by atoms with Crippen LogP contribution in [0.5, 0.6) is 0 Å². The Morgan fingerprint density at radius 3 is 2.58 bits per heavy atom. The maximum atomic E-state index is 6.25. The molecule has 0 saturated heterocycles. The maximum Gasteiger partial charge on any atom is 0.148 e. The van der Waals surface area contributed by atoms with Crippen LogP contribution < -0.4 is 5.73 Å². The summed E-state index contributed by atoms with van der Waals surface area (Å²) in [5.41, 5.74) is 6.58. The summed E-state index contributed by atoms with van der Waals surface area (Å²) in [6.07, 6.45) is 1.71. The average Bonchev–Trinajstić information content (AvgIpc) is 2.47. The normalized spacial score (nSPS) is 15.7. The first-order valence-corrected chi connectivity index (χ1v) is 6.29. The summed E-state index contributed by atoms with van der Waals surface area (Å²) >= 11 is 0. The summed E-state index contributed by atoms with van der Waals surface area (Å²) in [5, 5.41) is 0. The van der Waals surface area contributed by atoms with Crippen LogP contribution in [0.1, 0.15) is 18.5 Å². The molecule has 0 fully saturated rings. The van der Waals surface area contributed by atoms with Gasteiger partial charge in [0.15, 0.2) is 0 Å². The minimum atomic E-state index is -0.672. The second-order valence-electron chi connectivity index (χ2n) is 4.44. The highest BCUT2D eigenvalue weighted by atomic mass is 16.7. The van der Waals surface area contributed by atoms with Crippen LogP contribution in [-0.4, -0.2) is 32.7 Å². The van der Waals surface area contributed by atoms with Gasteiger partial charge < -0.3 is 19.9 Å². The molecule has 0 radical (unpaired) electrons. The maximum absolute atomic E-state index is 6.25. The number of hydrogen-bond acceptors (Lipinski definition) is 4. The van der Waals surface area contributed by atoms with Crippen LogP contribution >= 0.6 is 0 Å². The molecule has 0 aromatic heterocycles. The fourth-order valence-corrected chi connectivity index (χ4v) is 1.64. The summed E-state index contributed by atoms with van der Waals surface area (Å²) in [6, 6.07) is 9.51. The van der Waals surface area contributed by atoms with Gasteiger partial charge in [-0.15, -0.1) is 6.58 Å². The van der Waals surface area contributed by atoms with Gasteiger partial charge in [0.25, 0.3) is 0 Å². The van der Waals surface area contributed by atoms with Crippen LogP contribution in [0.3, 0.4) is 0 Å². The fraction of sp³-hybridized carbons (Fsp3) is 0.467. The molecule has 0 saturated carbocycles. The van der Waals surface area contributed by atoms with Gasteiger partial charge >= 0.3 is 0 Å². The summed E-state index contributed by atoms with van der Waals surface area (Å²) in [4.78, 5) is 0. The summed E-state index contributed by atoms with van der Waals surface area (Å²) < 4.78 is 15.9. The third kappa shape index (κ3) is 4.76. The Balaban J connectivity index is 2.56. The molecule has 0 amide bonds. The third-order valence-electron chi connectivity index (χ3n) is 3.07. The van der Waals surface area contributed by atoms with Gasteiger partial charge in [0.05, 0.1) is 19.3 Å². The van der Waals surface area contributed by atoms with Gasteiger partial charge in [0.2, 0.25) is 0 Å². The van der Waals surface area contributed by atoms with E-state index in [1.807, 2.05) is 37.3 Å². The van der Waals surface area contributed by atoms with Crippen molar-refractivity contribution in [2.75, 3.05) is 27.1 Å². The van der Waals surface area contributed by atoms with E-state index in [1.165, 1.54) is 0 Å². The van der Waals surface area contributed by atoms with Crippen molar-refractivity contribution in [3.63, 3.8) is 0 Å².